The van der Waals surface area contributed by atoms with Crippen molar-refractivity contribution in [3.05, 3.63) is 40.7 Å². The summed E-state index contributed by atoms with van der Waals surface area (Å²) in [5, 5.41) is 0.475. The van der Waals surface area contributed by atoms with Crippen LogP contribution in [0.1, 0.15) is 33.3 Å². The van der Waals surface area contributed by atoms with Crippen LogP contribution in [0.5, 0.6) is 0 Å². The fraction of sp³-hybridized carbons (Fsp3) is 0.529. The highest BCUT2D eigenvalue weighted by Gasteiger charge is 2.61. The van der Waals surface area contributed by atoms with Crippen LogP contribution in [0, 0.1) is 17.3 Å². The summed E-state index contributed by atoms with van der Waals surface area (Å²) in [4.78, 5) is 16.2. The largest absolute Gasteiger partial charge is 0.465 e. The monoisotopic (exact) mass is 307 g/mol. The number of carbonyl (C=O) groups excluding carboxylic acids is 1. The Morgan fingerprint density at radius 3 is 2.81 bits per heavy atom. The lowest BCUT2D eigenvalue weighted by Crippen LogP contribution is -2.13. The summed E-state index contributed by atoms with van der Waals surface area (Å²) in [6, 6.07) is 3.73. The van der Waals surface area contributed by atoms with Gasteiger partial charge in [0, 0.05) is 12.6 Å². The molecule has 0 amide bonds. The highest BCUT2D eigenvalue weighted by atomic mass is 35.5. The molecule has 1 aliphatic rings. The van der Waals surface area contributed by atoms with Crippen molar-refractivity contribution in [1.82, 2.24) is 4.98 Å². The van der Waals surface area contributed by atoms with Gasteiger partial charge in [0.15, 0.2) is 0 Å². The highest BCUT2D eigenvalue weighted by Crippen LogP contribution is 2.59. The van der Waals surface area contributed by atoms with Gasteiger partial charge in [0.1, 0.15) is 5.15 Å². The first-order valence-corrected chi connectivity index (χ1v) is 7.63. The molecular formula is C17H22ClNO2. The predicted molar refractivity (Wildman–Crippen MR) is 84.1 cm³/mol. The number of aromatic nitrogens is 1. The molecule has 4 heteroatoms. The lowest BCUT2D eigenvalue weighted by molar-refractivity contribution is -0.146. The summed E-state index contributed by atoms with van der Waals surface area (Å²) >= 11 is 5.98. The zero-order valence-corrected chi connectivity index (χ0v) is 13.8. The van der Waals surface area contributed by atoms with Gasteiger partial charge in [-0.25, -0.2) is 4.98 Å². The molecule has 0 saturated heterocycles. The summed E-state index contributed by atoms with van der Waals surface area (Å²) in [5.41, 5.74) is 2.15. The molecular weight excluding hydrogens is 286 g/mol. The molecule has 0 aromatic carbocycles. The van der Waals surface area contributed by atoms with Crippen molar-refractivity contribution in [2.24, 2.45) is 17.3 Å². The van der Waals surface area contributed by atoms with Crippen LogP contribution in [0.2, 0.25) is 5.15 Å². The second kappa shape index (κ2) is 6.18. The van der Waals surface area contributed by atoms with Crippen LogP contribution in [-0.4, -0.2) is 17.6 Å². The van der Waals surface area contributed by atoms with Gasteiger partial charge in [0.05, 0.1) is 12.5 Å². The van der Waals surface area contributed by atoms with E-state index in [0.717, 1.165) is 5.56 Å². The third-order valence-corrected chi connectivity index (χ3v) is 4.47. The molecule has 3 nitrogen and oxygen atoms in total. The molecule has 0 N–H and O–H groups in total. The van der Waals surface area contributed by atoms with Gasteiger partial charge in [-0.15, -0.1) is 0 Å². The Bertz CT molecular complexity index is 562. The van der Waals surface area contributed by atoms with Crippen LogP contribution in [-0.2, 0) is 16.0 Å². The Morgan fingerprint density at radius 2 is 2.19 bits per heavy atom. The minimum absolute atomic E-state index is 0.000298. The molecule has 21 heavy (non-hydrogen) atoms. The summed E-state index contributed by atoms with van der Waals surface area (Å²) in [6.45, 7) is 8.68. The normalized spacial score (nSPS) is 22.5. The van der Waals surface area contributed by atoms with Gasteiger partial charge in [-0.3, -0.25) is 4.79 Å². The smallest absolute Gasteiger partial charge is 0.310 e. The van der Waals surface area contributed by atoms with Crippen molar-refractivity contribution >= 4 is 17.6 Å². The number of hydrogen-bond acceptors (Lipinski definition) is 3. The fourth-order valence-electron chi connectivity index (χ4n) is 2.76. The summed E-state index contributed by atoms with van der Waals surface area (Å²) in [6.07, 6.45) is 4.41. The van der Waals surface area contributed by atoms with E-state index in [-0.39, 0.29) is 23.2 Å². The van der Waals surface area contributed by atoms with Crippen molar-refractivity contribution in [3.63, 3.8) is 0 Å². The van der Waals surface area contributed by atoms with E-state index in [2.05, 4.69) is 38.8 Å². The van der Waals surface area contributed by atoms with Gasteiger partial charge in [0.25, 0.3) is 0 Å². The van der Waals surface area contributed by atoms with Crippen LogP contribution in [0.15, 0.2) is 30.0 Å². The summed E-state index contributed by atoms with van der Waals surface area (Å²) in [7, 11) is 0. The molecule has 2 unspecified atom stereocenters. The standard InChI is InChI=1S/C17H22ClNO2/c1-11(2)10-13-14(17(13,3)4)16(20)21-9-7-12-6-5-8-19-15(12)18/h5-6,8,10,13-14H,7,9H2,1-4H3. The Kier molecular flexibility index (Phi) is 4.72. The Balaban J connectivity index is 1.86. The van der Waals surface area contributed by atoms with Crippen molar-refractivity contribution < 1.29 is 9.53 Å². The summed E-state index contributed by atoms with van der Waals surface area (Å²) in [5.74, 6) is 0.149. The van der Waals surface area contributed by atoms with Crippen LogP contribution >= 0.6 is 11.6 Å². The maximum Gasteiger partial charge on any atom is 0.310 e. The number of rotatable bonds is 5. The number of halogens is 1. The van der Waals surface area contributed by atoms with Crippen molar-refractivity contribution in [3.8, 4) is 0 Å². The SMILES string of the molecule is CC(C)=CC1C(C(=O)OCCc2cccnc2Cl)C1(C)C. The Labute approximate surface area is 131 Å². The zero-order valence-electron chi connectivity index (χ0n) is 13.0. The molecule has 1 heterocycles. The Morgan fingerprint density at radius 1 is 1.48 bits per heavy atom. The van der Waals surface area contributed by atoms with Crippen molar-refractivity contribution in [2.45, 2.75) is 34.1 Å². The fourth-order valence-corrected chi connectivity index (χ4v) is 2.97. The predicted octanol–water partition coefficient (Wildman–Crippen LogP) is 4.06. The van der Waals surface area contributed by atoms with Crippen molar-refractivity contribution in [1.29, 1.82) is 0 Å². The number of nitrogens with zero attached hydrogens (tertiary/aromatic N) is 1. The first-order chi connectivity index (χ1) is 9.84. The van der Waals surface area contributed by atoms with E-state index in [4.69, 9.17) is 16.3 Å². The van der Waals surface area contributed by atoms with E-state index in [0.29, 0.717) is 18.2 Å². The first-order valence-electron chi connectivity index (χ1n) is 7.25. The topological polar surface area (TPSA) is 39.2 Å². The van der Waals surface area contributed by atoms with E-state index in [1.165, 1.54) is 5.57 Å². The molecule has 1 saturated carbocycles. The number of hydrogen-bond donors (Lipinski definition) is 0. The maximum absolute atomic E-state index is 12.2. The van der Waals surface area contributed by atoms with E-state index >= 15 is 0 Å². The molecule has 0 radical (unpaired) electrons. The average molecular weight is 308 g/mol. The average Bonchev–Trinajstić information content (AvgIpc) is 2.92. The van der Waals surface area contributed by atoms with Gasteiger partial charge < -0.3 is 4.74 Å². The molecule has 2 rings (SSSR count). The number of ether oxygens (including phenoxy) is 1. The van der Waals surface area contributed by atoms with E-state index in [1.54, 1.807) is 6.20 Å². The summed E-state index contributed by atoms with van der Waals surface area (Å²) < 4.78 is 5.42. The van der Waals surface area contributed by atoms with Crippen molar-refractivity contribution in [2.75, 3.05) is 6.61 Å². The molecule has 0 aliphatic heterocycles. The molecule has 2 atom stereocenters. The third-order valence-electron chi connectivity index (χ3n) is 4.13. The van der Waals surface area contributed by atoms with Gasteiger partial charge in [0.2, 0.25) is 0 Å². The number of esters is 1. The van der Waals surface area contributed by atoms with Gasteiger partial charge in [-0.2, -0.15) is 0 Å². The quantitative estimate of drug-likeness (QED) is 0.468. The van der Waals surface area contributed by atoms with E-state index in [1.807, 2.05) is 12.1 Å². The molecule has 1 fully saturated rings. The number of pyridine rings is 1. The lowest BCUT2D eigenvalue weighted by Gasteiger charge is -2.06. The van der Waals surface area contributed by atoms with Crippen LogP contribution < -0.4 is 0 Å². The first kappa shape index (κ1) is 16.0. The molecule has 1 aromatic heterocycles. The maximum atomic E-state index is 12.2. The highest BCUT2D eigenvalue weighted by molar-refractivity contribution is 6.30. The zero-order chi connectivity index (χ0) is 15.6. The van der Waals surface area contributed by atoms with E-state index < -0.39 is 0 Å². The van der Waals surface area contributed by atoms with Crippen LogP contribution in [0.3, 0.4) is 0 Å². The molecule has 0 spiro atoms. The molecule has 1 aromatic rings. The third kappa shape index (κ3) is 3.65. The number of carbonyl (C=O) groups is 1. The van der Waals surface area contributed by atoms with Crippen LogP contribution in [0.25, 0.3) is 0 Å². The molecule has 0 bridgehead atoms. The van der Waals surface area contributed by atoms with E-state index in [9.17, 15) is 4.79 Å². The minimum atomic E-state index is -0.109. The molecule has 1 aliphatic carbocycles. The molecule has 114 valence electrons. The Hall–Kier alpha value is -1.35. The van der Waals surface area contributed by atoms with Gasteiger partial charge in [-0.05, 0) is 36.8 Å². The van der Waals surface area contributed by atoms with Gasteiger partial charge >= 0.3 is 5.97 Å². The van der Waals surface area contributed by atoms with Crippen LogP contribution in [0.4, 0.5) is 0 Å². The minimum Gasteiger partial charge on any atom is -0.465 e. The van der Waals surface area contributed by atoms with Gasteiger partial charge in [-0.1, -0.05) is 43.2 Å². The number of allylic oxidation sites excluding steroid dienone is 2. The lowest BCUT2D eigenvalue weighted by atomic mass is 10.1. The second-order valence-corrected chi connectivity index (χ2v) is 6.80. The second-order valence-electron chi connectivity index (χ2n) is 6.44.